The molecule has 1 aliphatic carbocycles. The van der Waals surface area contributed by atoms with E-state index in [4.69, 9.17) is 5.11 Å². The van der Waals surface area contributed by atoms with E-state index in [0.29, 0.717) is 12.6 Å². The summed E-state index contributed by atoms with van der Waals surface area (Å²) in [6, 6.07) is 0.335. The molecular formula is C13H25N3O3. The van der Waals surface area contributed by atoms with Gasteiger partial charge in [0.05, 0.1) is 0 Å². The van der Waals surface area contributed by atoms with Crippen LogP contribution in [-0.2, 0) is 4.79 Å². The molecule has 0 aromatic rings. The fourth-order valence-electron chi connectivity index (χ4n) is 1.87. The molecule has 1 rings (SSSR count). The number of rotatable bonds is 8. The highest BCUT2D eigenvalue weighted by Crippen LogP contribution is 2.26. The number of likely N-dealkylation sites (N-methyl/N-ethyl adjacent to an activating group) is 1. The van der Waals surface area contributed by atoms with Gasteiger partial charge < -0.3 is 20.2 Å². The van der Waals surface area contributed by atoms with Crippen molar-refractivity contribution >= 4 is 12.0 Å². The second-order valence-corrected chi connectivity index (χ2v) is 5.22. The molecule has 2 N–H and O–H groups in total. The lowest BCUT2D eigenvalue weighted by atomic mass is 10.2. The van der Waals surface area contributed by atoms with E-state index in [1.165, 1.54) is 4.90 Å². The van der Waals surface area contributed by atoms with Gasteiger partial charge in [0.2, 0.25) is 0 Å². The van der Waals surface area contributed by atoms with Crippen LogP contribution in [0, 0.1) is 0 Å². The quantitative estimate of drug-likeness (QED) is 0.690. The van der Waals surface area contributed by atoms with E-state index in [9.17, 15) is 9.59 Å². The fourth-order valence-corrected chi connectivity index (χ4v) is 1.87. The molecule has 1 fully saturated rings. The van der Waals surface area contributed by atoms with Crippen LogP contribution in [0.4, 0.5) is 4.79 Å². The lowest BCUT2D eigenvalue weighted by molar-refractivity contribution is -0.137. The van der Waals surface area contributed by atoms with Crippen molar-refractivity contribution in [3.63, 3.8) is 0 Å². The number of carbonyl (C=O) groups excluding carboxylic acids is 1. The largest absolute Gasteiger partial charge is 0.480 e. The molecule has 1 unspecified atom stereocenters. The minimum atomic E-state index is -0.959. The molecule has 19 heavy (non-hydrogen) atoms. The highest BCUT2D eigenvalue weighted by atomic mass is 16.4. The van der Waals surface area contributed by atoms with E-state index < -0.39 is 5.97 Å². The molecule has 6 heteroatoms. The zero-order valence-electron chi connectivity index (χ0n) is 12.1. The minimum absolute atomic E-state index is 0.114. The van der Waals surface area contributed by atoms with Crippen molar-refractivity contribution in [2.75, 3.05) is 26.7 Å². The average Bonchev–Trinajstić information content (AvgIpc) is 3.18. The van der Waals surface area contributed by atoms with Gasteiger partial charge in [-0.05, 0) is 33.2 Å². The van der Waals surface area contributed by atoms with E-state index >= 15 is 0 Å². The molecule has 0 aromatic heterocycles. The molecule has 0 radical (unpaired) electrons. The van der Waals surface area contributed by atoms with Gasteiger partial charge in [-0.2, -0.15) is 0 Å². The van der Waals surface area contributed by atoms with Crippen LogP contribution in [0.25, 0.3) is 0 Å². The zero-order chi connectivity index (χ0) is 14.4. The number of hydrogen-bond donors (Lipinski definition) is 2. The van der Waals surface area contributed by atoms with Gasteiger partial charge >= 0.3 is 12.0 Å². The molecule has 0 heterocycles. The zero-order valence-corrected chi connectivity index (χ0v) is 12.1. The van der Waals surface area contributed by atoms with Crippen LogP contribution < -0.4 is 5.32 Å². The summed E-state index contributed by atoms with van der Waals surface area (Å²) in [7, 11) is 2.02. The molecule has 6 nitrogen and oxygen atoms in total. The third kappa shape index (κ3) is 5.46. The molecule has 0 saturated heterocycles. The van der Waals surface area contributed by atoms with E-state index in [1.54, 1.807) is 0 Å². The molecule has 0 aliphatic heterocycles. The van der Waals surface area contributed by atoms with Gasteiger partial charge in [0.1, 0.15) is 6.54 Å². The van der Waals surface area contributed by atoms with Crippen LogP contribution in [0.15, 0.2) is 0 Å². The van der Waals surface area contributed by atoms with Crippen molar-refractivity contribution in [3.05, 3.63) is 0 Å². The number of nitrogens with zero attached hydrogens (tertiary/aromatic N) is 2. The topological polar surface area (TPSA) is 72.9 Å². The molecular weight excluding hydrogens is 246 g/mol. The summed E-state index contributed by atoms with van der Waals surface area (Å²) in [5, 5.41) is 11.6. The monoisotopic (exact) mass is 271 g/mol. The smallest absolute Gasteiger partial charge is 0.323 e. The predicted molar refractivity (Wildman–Crippen MR) is 73.1 cm³/mol. The molecule has 1 atom stereocenters. The number of amides is 2. The first-order valence-electron chi connectivity index (χ1n) is 6.92. The summed E-state index contributed by atoms with van der Waals surface area (Å²) in [5.74, 6) is -0.959. The highest BCUT2D eigenvalue weighted by Gasteiger charge is 2.33. The second kappa shape index (κ2) is 7.33. The molecule has 1 aliphatic rings. The molecule has 1 saturated carbocycles. The highest BCUT2D eigenvalue weighted by molar-refractivity contribution is 5.80. The molecule has 0 spiro atoms. The van der Waals surface area contributed by atoms with Crippen LogP contribution in [0.5, 0.6) is 0 Å². The Balaban J connectivity index is 2.30. The van der Waals surface area contributed by atoms with Crippen molar-refractivity contribution in [2.24, 2.45) is 0 Å². The first-order chi connectivity index (χ1) is 8.95. The summed E-state index contributed by atoms with van der Waals surface area (Å²) in [5.41, 5.74) is 0. The van der Waals surface area contributed by atoms with Gasteiger partial charge in [0, 0.05) is 25.2 Å². The van der Waals surface area contributed by atoms with Crippen LogP contribution in [0.1, 0.15) is 33.1 Å². The first kappa shape index (κ1) is 15.8. The Hall–Kier alpha value is -1.30. The maximum absolute atomic E-state index is 11.9. The Bertz CT molecular complexity index is 318. The number of carboxylic acids is 1. The van der Waals surface area contributed by atoms with Crippen LogP contribution >= 0.6 is 0 Å². The summed E-state index contributed by atoms with van der Waals surface area (Å²) < 4.78 is 0. The van der Waals surface area contributed by atoms with Crippen molar-refractivity contribution < 1.29 is 14.7 Å². The molecule has 0 bridgehead atoms. The molecule has 0 aromatic carbocycles. The normalized spacial score (nSPS) is 16.2. The second-order valence-electron chi connectivity index (χ2n) is 5.22. The Labute approximate surface area is 114 Å². The molecule has 2 amide bonds. The summed E-state index contributed by atoms with van der Waals surface area (Å²) >= 11 is 0. The predicted octanol–water partition coefficient (Wildman–Crippen LogP) is 0.975. The number of carboxylic acid groups (broad SMARTS) is 1. The molecule has 110 valence electrons. The Morgan fingerprint density at radius 2 is 2.05 bits per heavy atom. The van der Waals surface area contributed by atoms with E-state index in [1.807, 2.05) is 7.05 Å². The van der Waals surface area contributed by atoms with Crippen LogP contribution in [-0.4, -0.2) is 65.7 Å². The standard InChI is InChI=1S/C13H25N3O3/c1-4-10(2)15(3)8-7-14-13(19)16(9-12(17)18)11-5-6-11/h10-11H,4-9H2,1-3H3,(H,14,19)(H,17,18). The van der Waals surface area contributed by atoms with Crippen LogP contribution in [0.2, 0.25) is 0 Å². The van der Waals surface area contributed by atoms with Crippen molar-refractivity contribution in [1.82, 2.24) is 15.1 Å². The van der Waals surface area contributed by atoms with E-state index in [2.05, 4.69) is 24.1 Å². The van der Waals surface area contributed by atoms with Crippen LogP contribution in [0.3, 0.4) is 0 Å². The third-order valence-electron chi connectivity index (χ3n) is 3.64. The summed E-state index contributed by atoms with van der Waals surface area (Å²) in [6.45, 7) is 5.37. The van der Waals surface area contributed by atoms with E-state index in [-0.39, 0.29) is 18.6 Å². The number of urea groups is 1. The van der Waals surface area contributed by atoms with Crippen molar-refractivity contribution in [2.45, 2.75) is 45.2 Å². The maximum Gasteiger partial charge on any atom is 0.323 e. The first-order valence-corrected chi connectivity index (χ1v) is 6.92. The SMILES string of the molecule is CCC(C)N(C)CCNC(=O)N(CC(=O)O)C1CC1. The maximum atomic E-state index is 11.9. The van der Waals surface area contributed by atoms with Crippen molar-refractivity contribution in [1.29, 1.82) is 0 Å². The number of hydrogen-bond acceptors (Lipinski definition) is 3. The van der Waals surface area contributed by atoms with Gasteiger partial charge in [-0.3, -0.25) is 4.79 Å². The fraction of sp³-hybridized carbons (Fsp3) is 0.846. The van der Waals surface area contributed by atoms with Gasteiger partial charge in [-0.25, -0.2) is 4.79 Å². The lowest BCUT2D eigenvalue weighted by Crippen LogP contribution is -2.46. The average molecular weight is 271 g/mol. The Morgan fingerprint density at radius 3 is 2.53 bits per heavy atom. The van der Waals surface area contributed by atoms with E-state index in [0.717, 1.165) is 25.8 Å². The Kier molecular flexibility index (Phi) is 6.08. The van der Waals surface area contributed by atoms with Gasteiger partial charge in [-0.15, -0.1) is 0 Å². The summed E-state index contributed by atoms with van der Waals surface area (Å²) in [4.78, 5) is 26.2. The van der Waals surface area contributed by atoms with Crippen molar-refractivity contribution in [3.8, 4) is 0 Å². The van der Waals surface area contributed by atoms with Gasteiger partial charge in [0.15, 0.2) is 0 Å². The summed E-state index contributed by atoms with van der Waals surface area (Å²) in [6.07, 6.45) is 2.89. The number of carbonyl (C=O) groups is 2. The van der Waals surface area contributed by atoms with Gasteiger partial charge in [0.25, 0.3) is 0 Å². The number of aliphatic carboxylic acids is 1. The number of nitrogens with one attached hydrogen (secondary N) is 1. The Morgan fingerprint density at radius 1 is 1.42 bits per heavy atom. The third-order valence-corrected chi connectivity index (χ3v) is 3.64. The van der Waals surface area contributed by atoms with Gasteiger partial charge in [-0.1, -0.05) is 6.92 Å². The minimum Gasteiger partial charge on any atom is -0.480 e. The lowest BCUT2D eigenvalue weighted by Gasteiger charge is -2.25.